The molecule has 0 radical (unpaired) electrons. The second-order valence-corrected chi connectivity index (χ2v) is 2.48. The standard InChI is InChI=1S/C6H8O8.3Mg.3Na.6H/c7-2(8)1-6(14,5(12)13)3(9)4(10)11;;;;;;;;;;;;/h3,9,14H,1H2,(H,7,8)(H,10,11)(H,12,13);;;;;;;;;;;;/q;3*+2;3*+1;6*-1/p-3. The van der Waals surface area contributed by atoms with Gasteiger partial charge < -0.3 is 48.5 Å². The summed E-state index contributed by atoms with van der Waals surface area (Å²) in [5, 5.41) is 47.8. The van der Waals surface area contributed by atoms with Gasteiger partial charge in [-0.25, -0.2) is 0 Å². The molecule has 2 atom stereocenters. The van der Waals surface area contributed by atoms with Crippen LogP contribution in [0.25, 0.3) is 0 Å². The molecule has 92 valence electrons. The van der Waals surface area contributed by atoms with Crippen molar-refractivity contribution < 1.29 is 137 Å². The Balaban J connectivity index is -0.0000000128. The van der Waals surface area contributed by atoms with Crippen molar-refractivity contribution in [2.24, 2.45) is 0 Å². The summed E-state index contributed by atoms with van der Waals surface area (Å²) in [7, 11) is 0. The molecule has 0 heterocycles. The number of aliphatic carboxylic acids is 3. The van der Waals surface area contributed by atoms with E-state index in [0.717, 1.165) is 0 Å². The molecule has 0 aliphatic carbocycles. The first-order valence-corrected chi connectivity index (χ1v) is 3.24. The van der Waals surface area contributed by atoms with Crippen molar-refractivity contribution >= 4 is 87.1 Å². The molecule has 0 rings (SSSR count). The summed E-state index contributed by atoms with van der Waals surface area (Å²) in [6.07, 6.45) is -4.53. The maximum absolute atomic E-state index is 10.2. The maximum atomic E-state index is 10.2. The van der Waals surface area contributed by atoms with Gasteiger partial charge in [0.05, 0.1) is 11.9 Å². The number of carbonyl (C=O) groups is 3. The fourth-order valence-corrected chi connectivity index (χ4v) is 0.695. The van der Waals surface area contributed by atoms with Crippen molar-refractivity contribution in [1.82, 2.24) is 0 Å². The molecule has 0 aromatic carbocycles. The third-order valence-electron chi connectivity index (χ3n) is 1.44. The first-order chi connectivity index (χ1) is 6.21. The van der Waals surface area contributed by atoms with Gasteiger partial charge in [-0.3, -0.25) is 0 Å². The van der Waals surface area contributed by atoms with Crippen molar-refractivity contribution in [2.75, 3.05) is 0 Å². The average molecular weight is 353 g/mol. The fraction of sp³-hybridized carbons (Fsp3) is 0.500. The molecule has 0 fully saturated rings. The number of aliphatic hydroxyl groups excluding tert-OH is 1. The quantitative estimate of drug-likeness (QED) is 0.461. The molecule has 14 heteroatoms. The molecule has 2 unspecified atom stereocenters. The topological polar surface area (TPSA) is 161 Å². The van der Waals surface area contributed by atoms with Crippen molar-refractivity contribution in [2.45, 2.75) is 18.1 Å². The van der Waals surface area contributed by atoms with E-state index in [-0.39, 0.29) is 166 Å². The minimum absolute atomic E-state index is 0. The van der Waals surface area contributed by atoms with E-state index in [4.69, 9.17) is 10.2 Å². The Morgan fingerprint density at radius 2 is 1.30 bits per heavy atom. The van der Waals surface area contributed by atoms with E-state index < -0.39 is 36.0 Å². The first-order valence-electron chi connectivity index (χ1n) is 3.24. The molecular weight excluding hydrogens is 342 g/mol. The summed E-state index contributed by atoms with van der Waals surface area (Å²) in [4.78, 5) is 30.2. The van der Waals surface area contributed by atoms with Gasteiger partial charge in [-0.15, -0.1) is 0 Å². The van der Waals surface area contributed by atoms with Gasteiger partial charge in [-0.05, 0) is 0 Å². The Kier molecular flexibility index (Phi) is 45.2. The van der Waals surface area contributed by atoms with E-state index >= 15 is 0 Å². The molecule has 8 nitrogen and oxygen atoms in total. The number of hydrogen-bond acceptors (Lipinski definition) is 8. The van der Waals surface area contributed by atoms with Crippen molar-refractivity contribution in [3.8, 4) is 0 Å². The minimum Gasteiger partial charge on any atom is -1.00 e. The van der Waals surface area contributed by atoms with Gasteiger partial charge in [0, 0.05) is 12.4 Å². The Morgan fingerprint density at radius 1 is 1.00 bits per heavy atom. The fourth-order valence-electron chi connectivity index (χ4n) is 0.695. The summed E-state index contributed by atoms with van der Waals surface area (Å²) >= 11 is 0. The monoisotopic (exact) mass is 352 g/mol. The van der Waals surface area contributed by atoms with Crippen LogP contribution in [0.2, 0.25) is 0 Å². The van der Waals surface area contributed by atoms with E-state index in [9.17, 15) is 29.7 Å². The van der Waals surface area contributed by atoms with E-state index in [1.807, 2.05) is 0 Å². The number of hydrogen-bond donors (Lipinski definition) is 2. The van der Waals surface area contributed by atoms with Crippen LogP contribution in [0, 0.1) is 0 Å². The van der Waals surface area contributed by atoms with Crippen LogP contribution < -0.4 is 104 Å². The molecule has 0 amide bonds. The Morgan fingerprint density at radius 3 is 1.45 bits per heavy atom. The van der Waals surface area contributed by atoms with Crippen LogP contribution in [0.4, 0.5) is 0 Å². The average Bonchev–Trinajstić information content (AvgIpc) is 2.00. The van der Waals surface area contributed by atoms with Gasteiger partial charge in [-0.2, -0.15) is 0 Å². The SMILES string of the molecule is O=C([O-])CC(O)(C(=O)[O-])C(O)C(=O)[O-].[H-].[H-].[H-].[H-].[H-].[H-].[Mg+2].[Mg+2].[Mg+2].[Na+].[Na+].[Na+]. The molecule has 0 saturated carbocycles. The van der Waals surface area contributed by atoms with Crippen LogP contribution >= 0.6 is 0 Å². The van der Waals surface area contributed by atoms with Crippen LogP contribution in [0.1, 0.15) is 15.0 Å². The second-order valence-electron chi connectivity index (χ2n) is 2.48. The molecule has 20 heavy (non-hydrogen) atoms. The predicted octanol–water partition coefficient (Wildman–Crippen LogP) is -15.7. The first kappa shape index (κ1) is 43.8. The molecule has 0 aliphatic heterocycles. The number of aliphatic hydroxyl groups is 2. The van der Waals surface area contributed by atoms with Gasteiger partial charge in [0.1, 0.15) is 11.7 Å². The van der Waals surface area contributed by atoms with Gasteiger partial charge in [0.15, 0.2) is 0 Å². The van der Waals surface area contributed by atoms with Crippen LogP contribution in [0.15, 0.2) is 0 Å². The third-order valence-corrected chi connectivity index (χ3v) is 1.44. The second kappa shape index (κ2) is 20.7. The van der Waals surface area contributed by atoms with Crippen molar-refractivity contribution in [3.05, 3.63) is 0 Å². The minimum atomic E-state index is -3.46. The molecule has 0 spiro atoms. The number of rotatable bonds is 5. The summed E-state index contributed by atoms with van der Waals surface area (Å²) in [6.45, 7) is 0. The molecule has 0 bridgehead atoms. The Hall–Kier alpha value is 3.63. The summed E-state index contributed by atoms with van der Waals surface area (Å²) < 4.78 is 0. The zero-order valence-electron chi connectivity index (χ0n) is 17.7. The zero-order valence-corrected chi connectivity index (χ0v) is 22.0. The van der Waals surface area contributed by atoms with Crippen LogP contribution in [-0.4, -0.2) is 109 Å². The summed E-state index contributed by atoms with van der Waals surface area (Å²) in [6, 6.07) is 0. The summed E-state index contributed by atoms with van der Waals surface area (Å²) in [5.74, 6) is -6.84. The molecular formula is C6H11Mg3Na3O8. The normalized spacial score (nSPS) is 11.7. The molecule has 0 aromatic heterocycles. The molecule has 0 saturated heterocycles. The predicted molar refractivity (Wildman–Crippen MR) is 54.5 cm³/mol. The summed E-state index contributed by atoms with van der Waals surface area (Å²) in [5.41, 5.74) is -3.46. The molecule has 0 aliphatic rings. The van der Waals surface area contributed by atoms with Gasteiger partial charge in [0.2, 0.25) is 0 Å². The van der Waals surface area contributed by atoms with E-state index in [2.05, 4.69) is 0 Å². The molecule has 2 N–H and O–H groups in total. The number of carboxylic acids is 3. The smallest absolute Gasteiger partial charge is 1.00 e. The van der Waals surface area contributed by atoms with Gasteiger partial charge >= 0.3 is 158 Å². The van der Waals surface area contributed by atoms with Gasteiger partial charge in [-0.1, -0.05) is 0 Å². The van der Waals surface area contributed by atoms with Crippen LogP contribution in [-0.2, 0) is 14.4 Å². The molecule has 0 aromatic rings. The third kappa shape index (κ3) is 15.2. The van der Waals surface area contributed by atoms with E-state index in [1.165, 1.54) is 0 Å². The van der Waals surface area contributed by atoms with E-state index in [1.54, 1.807) is 0 Å². The van der Waals surface area contributed by atoms with Crippen LogP contribution in [0.3, 0.4) is 0 Å². The Bertz CT molecular complexity index is 315. The largest absolute Gasteiger partial charge is 2.00 e. The maximum Gasteiger partial charge on any atom is 2.00 e. The van der Waals surface area contributed by atoms with Crippen LogP contribution in [0.5, 0.6) is 0 Å². The van der Waals surface area contributed by atoms with Gasteiger partial charge in [0.25, 0.3) is 0 Å². The van der Waals surface area contributed by atoms with Crippen molar-refractivity contribution in [3.63, 3.8) is 0 Å². The zero-order chi connectivity index (χ0) is 11.5. The number of carboxylic acid groups (broad SMARTS) is 3. The van der Waals surface area contributed by atoms with E-state index in [0.29, 0.717) is 0 Å². The Labute approximate surface area is 238 Å². The van der Waals surface area contributed by atoms with Crippen molar-refractivity contribution in [1.29, 1.82) is 0 Å². The number of carbonyl (C=O) groups excluding carboxylic acids is 3.